The molecule has 0 saturated heterocycles. The summed E-state index contributed by atoms with van der Waals surface area (Å²) in [5.74, 6) is -2.32. The number of nitrogens with zero attached hydrogens (tertiary/aromatic N) is 1. The minimum absolute atomic E-state index is 0.151. The van der Waals surface area contributed by atoms with E-state index < -0.39 is 29.0 Å². The Morgan fingerprint density at radius 1 is 1.47 bits per heavy atom. The molecule has 17 heavy (non-hydrogen) atoms. The van der Waals surface area contributed by atoms with Gasteiger partial charge < -0.3 is 15.6 Å². The number of nitro benzene ring substituents is 1. The number of aromatic carboxylic acids is 1. The van der Waals surface area contributed by atoms with Gasteiger partial charge >= 0.3 is 5.97 Å². The van der Waals surface area contributed by atoms with Gasteiger partial charge in [-0.15, -0.1) is 0 Å². The van der Waals surface area contributed by atoms with E-state index in [2.05, 4.69) is 0 Å². The fraction of sp³-hybridized carbons (Fsp3) is 0.111. The third-order valence-corrected chi connectivity index (χ3v) is 1.77. The summed E-state index contributed by atoms with van der Waals surface area (Å²) in [7, 11) is 0. The first-order chi connectivity index (χ1) is 7.91. The van der Waals surface area contributed by atoms with Gasteiger partial charge in [0.05, 0.1) is 4.92 Å². The highest BCUT2D eigenvalue weighted by molar-refractivity contribution is 5.91. The molecule has 8 nitrogen and oxygen atoms in total. The van der Waals surface area contributed by atoms with Crippen molar-refractivity contribution < 1.29 is 24.4 Å². The van der Waals surface area contributed by atoms with Gasteiger partial charge in [-0.2, -0.15) is 0 Å². The summed E-state index contributed by atoms with van der Waals surface area (Å²) in [4.78, 5) is 31.0. The van der Waals surface area contributed by atoms with Crippen LogP contribution in [0.3, 0.4) is 0 Å². The lowest BCUT2D eigenvalue weighted by Crippen LogP contribution is -2.20. The molecule has 1 aromatic rings. The predicted octanol–water partition coefficient (Wildman–Crippen LogP) is 0.157. The molecule has 0 aliphatic rings. The van der Waals surface area contributed by atoms with E-state index in [1.165, 1.54) is 0 Å². The minimum Gasteiger partial charge on any atom is -0.483 e. The van der Waals surface area contributed by atoms with Crippen molar-refractivity contribution in [3.05, 3.63) is 33.9 Å². The average Bonchev–Trinajstić information content (AvgIpc) is 2.25. The molecule has 0 aliphatic carbocycles. The Kier molecular flexibility index (Phi) is 3.60. The number of carbonyl (C=O) groups excluding carboxylic acids is 1. The summed E-state index contributed by atoms with van der Waals surface area (Å²) in [6.45, 7) is -0.502. The molecule has 0 aliphatic heterocycles. The fourth-order valence-corrected chi connectivity index (χ4v) is 1.07. The summed E-state index contributed by atoms with van der Waals surface area (Å²) < 4.78 is 4.82. The van der Waals surface area contributed by atoms with Crippen LogP contribution in [-0.2, 0) is 4.79 Å². The van der Waals surface area contributed by atoms with Crippen LogP contribution in [0.25, 0.3) is 0 Å². The standard InChI is InChI=1S/C9H8N2O6/c10-8(12)4-17-7-2-1-5(11(15)16)3-6(7)9(13)14/h1-3H,4H2,(H2,10,12)(H,13,14). The number of hydrogen-bond donors (Lipinski definition) is 2. The Hall–Kier alpha value is -2.64. The van der Waals surface area contributed by atoms with Gasteiger partial charge in [0.15, 0.2) is 6.61 Å². The molecular formula is C9H8N2O6. The third kappa shape index (κ3) is 3.16. The van der Waals surface area contributed by atoms with Crippen molar-refractivity contribution in [2.45, 2.75) is 0 Å². The first kappa shape index (κ1) is 12.4. The zero-order valence-electron chi connectivity index (χ0n) is 8.45. The summed E-state index contributed by atoms with van der Waals surface area (Å²) in [6, 6.07) is 3.02. The molecule has 0 saturated carbocycles. The molecule has 0 atom stereocenters. The smallest absolute Gasteiger partial charge is 0.339 e. The van der Waals surface area contributed by atoms with E-state index in [1.807, 2.05) is 0 Å². The summed E-state index contributed by atoms with van der Waals surface area (Å²) in [5, 5.41) is 19.3. The lowest BCUT2D eigenvalue weighted by Gasteiger charge is -2.06. The van der Waals surface area contributed by atoms with Gasteiger partial charge in [0.2, 0.25) is 0 Å². The van der Waals surface area contributed by atoms with Crippen LogP contribution in [0.15, 0.2) is 18.2 Å². The quantitative estimate of drug-likeness (QED) is 0.556. The van der Waals surface area contributed by atoms with Crippen LogP contribution in [0.2, 0.25) is 0 Å². The molecule has 0 heterocycles. The van der Waals surface area contributed by atoms with E-state index in [0.717, 1.165) is 18.2 Å². The average molecular weight is 240 g/mol. The van der Waals surface area contributed by atoms with Crippen molar-refractivity contribution in [2.75, 3.05) is 6.61 Å². The zero-order valence-corrected chi connectivity index (χ0v) is 8.45. The van der Waals surface area contributed by atoms with Gasteiger partial charge in [0.25, 0.3) is 11.6 Å². The number of nitrogens with two attached hydrogens (primary N) is 1. The molecular weight excluding hydrogens is 232 g/mol. The number of rotatable bonds is 5. The maximum Gasteiger partial charge on any atom is 0.339 e. The van der Waals surface area contributed by atoms with Crippen LogP contribution < -0.4 is 10.5 Å². The zero-order chi connectivity index (χ0) is 13.0. The molecule has 3 N–H and O–H groups in total. The van der Waals surface area contributed by atoms with Crippen LogP contribution in [-0.4, -0.2) is 28.5 Å². The second kappa shape index (κ2) is 4.92. The first-order valence-electron chi connectivity index (χ1n) is 4.34. The van der Waals surface area contributed by atoms with Crippen LogP contribution in [0.4, 0.5) is 5.69 Å². The van der Waals surface area contributed by atoms with E-state index in [-0.39, 0.29) is 11.4 Å². The molecule has 90 valence electrons. The number of ether oxygens (including phenoxy) is 1. The topological polar surface area (TPSA) is 133 Å². The molecule has 1 amide bonds. The van der Waals surface area contributed by atoms with Gasteiger partial charge in [-0.1, -0.05) is 0 Å². The second-order valence-electron chi connectivity index (χ2n) is 3.00. The van der Waals surface area contributed by atoms with E-state index in [1.54, 1.807) is 0 Å². The van der Waals surface area contributed by atoms with Crippen LogP contribution in [0.5, 0.6) is 5.75 Å². The number of benzene rings is 1. The van der Waals surface area contributed by atoms with Gasteiger partial charge in [0, 0.05) is 12.1 Å². The van der Waals surface area contributed by atoms with Crippen LogP contribution in [0, 0.1) is 10.1 Å². The SMILES string of the molecule is NC(=O)COc1ccc([N+](=O)[O-])cc1C(=O)O. The van der Waals surface area contributed by atoms with Crippen LogP contribution >= 0.6 is 0 Å². The number of non-ortho nitro benzene ring substituents is 1. The second-order valence-corrected chi connectivity index (χ2v) is 3.00. The van der Waals surface area contributed by atoms with Gasteiger partial charge in [-0.3, -0.25) is 14.9 Å². The molecule has 0 spiro atoms. The van der Waals surface area contributed by atoms with E-state index in [9.17, 15) is 19.7 Å². The Bertz CT molecular complexity index is 484. The molecule has 1 aromatic carbocycles. The summed E-state index contributed by atoms with van der Waals surface area (Å²) in [5.41, 5.74) is 4.04. The molecule has 0 radical (unpaired) electrons. The lowest BCUT2D eigenvalue weighted by molar-refractivity contribution is -0.384. The Labute approximate surface area is 94.7 Å². The molecule has 0 unspecified atom stereocenters. The van der Waals surface area contributed by atoms with Crippen molar-refractivity contribution in [1.29, 1.82) is 0 Å². The van der Waals surface area contributed by atoms with Crippen molar-refractivity contribution in [2.24, 2.45) is 5.73 Å². The number of carboxylic acids is 1. The van der Waals surface area contributed by atoms with Gasteiger partial charge in [-0.25, -0.2) is 4.79 Å². The predicted molar refractivity (Wildman–Crippen MR) is 54.7 cm³/mol. The third-order valence-electron chi connectivity index (χ3n) is 1.77. The molecule has 0 aromatic heterocycles. The largest absolute Gasteiger partial charge is 0.483 e. The highest BCUT2D eigenvalue weighted by Gasteiger charge is 2.17. The normalized spacial score (nSPS) is 9.65. The Balaban J connectivity index is 3.08. The number of carbonyl (C=O) groups is 2. The Morgan fingerprint density at radius 3 is 2.59 bits per heavy atom. The van der Waals surface area contributed by atoms with Crippen molar-refractivity contribution in [1.82, 2.24) is 0 Å². The Morgan fingerprint density at radius 2 is 2.12 bits per heavy atom. The summed E-state index contributed by atoms with van der Waals surface area (Å²) >= 11 is 0. The fourth-order valence-electron chi connectivity index (χ4n) is 1.07. The molecule has 1 rings (SSSR count). The first-order valence-corrected chi connectivity index (χ1v) is 4.34. The molecule has 0 fully saturated rings. The minimum atomic E-state index is -1.40. The van der Waals surface area contributed by atoms with Gasteiger partial charge in [-0.05, 0) is 6.07 Å². The lowest BCUT2D eigenvalue weighted by atomic mass is 10.2. The van der Waals surface area contributed by atoms with Crippen LogP contribution in [0.1, 0.15) is 10.4 Å². The van der Waals surface area contributed by atoms with E-state index in [0.29, 0.717) is 0 Å². The number of hydrogen-bond acceptors (Lipinski definition) is 5. The van der Waals surface area contributed by atoms with Crippen molar-refractivity contribution in [3.63, 3.8) is 0 Å². The number of nitro groups is 1. The highest BCUT2D eigenvalue weighted by atomic mass is 16.6. The highest BCUT2D eigenvalue weighted by Crippen LogP contribution is 2.24. The number of amides is 1. The maximum atomic E-state index is 10.8. The monoisotopic (exact) mass is 240 g/mol. The van der Waals surface area contributed by atoms with Gasteiger partial charge in [0.1, 0.15) is 11.3 Å². The van der Waals surface area contributed by atoms with Crippen molar-refractivity contribution in [3.8, 4) is 5.75 Å². The molecule has 8 heteroatoms. The van der Waals surface area contributed by atoms with E-state index >= 15 is 0 Å². The maximum absolute atomic E-state index is 10.8. The molecule has 0 bridgehead atoms. The van der Waals surface area contributed by atoms with E-state index in [4.69, 9.17) is 15.6 Å². The van der Waals surface area contributed by atoms with Crippen molar-refractivity contribution >= 4 is 17.6 Å². The number of primary amides is 1. The number of carboxylic acid groups (broad SMARTS) is 1. The summed E-state index contributed by atoms with van der Waals surface area (Å²) in [6.07, 6.45) is 0.